The minimum atomic E-state index is -4.41. The molecule has 0 fully saturated rings. The molecule has 8 heteroatoms. The summed E-state index contributed by atoms with van der Waals surface area (Å²) < 4.78 is 53.5. The highest BCUT2D eigenvalue weighted by molar-refractivity contribution is 8.13. The van der Waals surface area contributed by atoms with Crippen LogP contribution in [0.15, 0.2) is 17.0 Å². The van der Waals surface area contributed by atoms with Crippen LogP contribution in [-0.2, 0) is 13.8 Å². The van der Waals surface area contributed by atoms with E-state index in [1.165, 1.54) is 0 Å². The van der Waals surface area contributed by atoms with Gasteiger partial charge in [0.15, 0.2) is 0 Å². The van der Waals surface area contributed by atoms with E-state index in [0.29, 0.717) is 12.5 Å². The topological polar surface area (TPSA) is 60.4 Å². The van der Waals surface area contributed by atoms with Crippen LogP contribution < -0.4 is 0 Å². The highest BCUT2D eigenvalue weighted by Crippen LogP contribution is 2.23. The van der Waals surface area contributed by atoms with E-state index in [1.807, 2.05) is 6.92 Å². The number of hydrogen-bond acceptors (Lipinski definition) is 4. The third kappa shape index (κ3) is 4.14. The lowest BCUT2D eigenvalue weighted by Gasteiger charge is -2.07. The molecule has 0 aliphatic heterocycles. The van der Waals surface area contributed by atoms with Gasteiger partial charge in [-0.15, -0.1) is 0 Å². The maximum absolute atomic E-state index is 13.4. The fourth-order valence-electron chi connectivity index (χ4n) is 1.26. The quantitative estimate of drug-likeness (QED) is 0.476. The van der Waals surface area contributed by atoms with Crippen LogP contribution in [0.4, 0.5) is 8.78 Å². The van der Waals surface area contributed by atoms with E-state index in [9.17, 15) is 22.0 Å². The molecule has 0 saturated heterocycles. The molecule has 0 bridgehead atoms. The summed E-state index contributed by atoms with van der Waals surface area (Å²) in [6.45, 7) is 1.93. The van der Waals surface area contributed by atoms with Crippen LogP contribution >= 0.6 is 10.7 Å². The summed E-state index contributed by atoms with van der Waals surface area (Å²) in [5, 5.41) is 0. The Bertz CT molecular complexity index is 587. The van der Waals surface area contributed by atoms with E-state index in [0.717, 1.165) is 6.42 Å². The van der Waals surface area contributed by atoms with Crippen LogP contribution in [0.2, 0.25) is 0 Å². The summed E-state index contributed by atoms with van der Waals surface area (Å²) >= 11 is 0. The highest BCUT2D eigenvalue weighted by atomic mass is 35.7. The first kappa shape index (κ1) is 15.8. The second-order valence-corrected chi connectivity index (χ2v) is 6.22. The number of carbonyl (C=O) groups is 1. The van der Waals surface area contributed by atoms with Gasteiger partial charge in [0.25, 0.3) is 9.05 Å². The SMILES string of the molecule is CCCCOC(=O)c1cc(S(=O)(=O)Cl)c(F)cc1F. The number of halogens is 3. The first-order valence-corrected chi connectivity index (χ1v) is 7.69. The van der Waals surface area contributed by atoms with Crippen molar-refractivity contribution in [1.29, 1.82) is 0 Å². The average Bonchev–Trinajstić information content (AvgIpc) is 2.27. The highest BCUT2D eigenvalue weighted by Gasteiger charge is 2.23. The van der Waals surface area contributed by atoms with Crippen LogP contribution in [-0.4, -0.2) is 21.0 Å². The van der Waals surface area contributed by atoms with Gasteiger partial charge in [-0.05, 0) is 12.5 Å². The molecule has 0 radical (unpaired) electrons. The molecule has 4 nitrogen and oxygen atoms in total. The van der Waals surface area contributed by atoms with Crippen molar-refractivity contribution in [1.82, 2.24) is 0 Å². The fourth-order valence-corrected chi connectivity index (χ4v) is 2.16. The van der Waals surface area contributed by atoms with Crippen LogP contribution in [0.5, 0.6) is 0 Å². The normalized spacial score (nSPS) is 11.4. The molecule has 1 aromatic carbocycles. The minimum absolute atomic E-state index is 0.0646. The lowest BCUT2D eigenvalue weighted by molar-refractivity contribution is 0.0494. The third-order valence-corrected chi connectivity index (χ3v) is 3.57. The Morgan fingerprint density at radius 1 is 1.32 bits per heavy atom. The zero-order valence-corrected chi connectivity index (χ0v) is 11.5. The Hall–Kier alpha value is -1.21. The van der Waals surface area contributed by atoms with Crippen LogP contribution in [0.3, 0.4) is 0 Å². The van der Waals surface area contributed by atoms with Crippen molar-refractivity contribution >= 4 is 25.7 Å². The van der Waals surface area contributed by atoms with E-state index in [-0.39, 0.29) is 12.7 Å². The van der Waals surface area contributed by atoms with Crippen molar-refractivity contribution in [2.75, 3.05) is 6.61 Å². The van der Waals surface area contributed by atoms with Gasteiger partial charge in [-0.1, -0.05) is 13.3 Å². The van der Waals surface area contributed by atoms with Gasteiger partial charge >= 0.3 is 5.97 Å². The number of ether oxygens (including phenoxy) is 1. The Morgan fingerprint density at radius 2 is 1.95 bits per heavy atom. The number of carbonyl (C=O) groups excluding carboxylic acids is 1. The molecule has 0 aliphatic carbocycles. The van der Waals surface area contributed by atoms with Crippen LogP contribution in [0.1, 0.15) is 30.1 Å². The Balaban J connectivity index is 3.11. The first-order chi connectivity index (χ1) is 8.77. The number of rotatable bonds is 5. The summed E-state index contributed by atoms with van der Waals surface area (Å²) in [7, 11) is 0.569. The fraction of sp³-hybridized carbons (Fsp3) is 0.364. The van der Waals surface area contributed by atoms with Crippen LogP contribution in [0.25, 0.3) is 0 Å². The Labute approximate surface area is 113 Å². The second-order valence-electron chi connectivity index (χ2n) is 3.69. The zero-order valence-electron chi connectivity index (χ0n) is 9.95. The van der Waals surface area contributed by atoms with E-state index in [2.05, 4.69) is 0 Å². The monoisotopic (exact) mass is 312 g/mol. The van der Waals surface area contributed by atoms with Crippen molar-refractivity contribution in [3.8, 4) is 0 Å². The zero-order chi connectivity index (χ0) is 14.6. The van der Waals surface area contributed by atoms with Crippen molar-refractivity contribution in [2.24, 2.45) is 0 Å². The smallest absolute Gasteiger partial charge is 0.341 e. The second kappa shape index (κ2) is 6.29. The summed E-state index contributed by atoms with van der Waals surface area (Å²) in [6, 6.07) is 0.812. The Morgan fingerprint density at radius 3 is 2.47 bits per heavy atom. The van der Waals surface area contributed by atoms with Gasteiger partial charge in [0.2, 0.25) is 0 Å². The van der Waals surface area contributed by atoms with Crippen molar-refractivity contribution in [2.45, 2.75) is 24.7 Å². The molecule has 0 aromatic heterocycles. The summed E-state index contributed by atoms with van der Waals surface area (Å²) in [5.41, 5.74) is -0.670. The lowest BCUT2D eigenvalue weighted by Crippen LogP contribution is -2.11. The molecule has 0 unspecified atom stereocenters. The predicted molar refractivity (Wildman–Crippen MR) is 64.6 cm³/mol. The number of esters is 1. The van der Waals surface area contributed by atoms with Gasteiger partial charge in [0.05, 0.1) is 12.2 Å². The number of benzene rings is 1. The lowest BCUT2D eigenvalue weighted by atomic mass is 10.2. The predicted octanol–water partition coefficient (Wildman–Crippen LogP) is 2.85. The summed E-state index contributed by atoms with van der Waals surface area (Å²) in [5.74, 6) is -3.63. The molecule has 1 rings (SSSR count). The molecular weight excluding hydrogens is 302 g/mol. The van der Waals surface area contributed by atoms with E-state index < -0.39 is 37.1 Å². The average molecular weight is 313 g/mol. The van der Waals surface area contributed by atoms with E-state index >= 15 is 0 Å². The molecule has 19 heavy (non-hydrogen) atoms. The van der Waals surface area contributed by atoms with Gasteiger partial charge < -0.3 is 4.74 Å². The van der Waals surface area contributed by atoms with Crippen molar-refractivity contribution < 1.29 is 26.7 Å². The van der Waals surface area contributed by atoms with Gasteiger partial charge in [0, 0.05) is 16.7 Å². The molecular formula is C11H11ClF2O4S. The van der Waals surface area contributed by atoms with Crippen LogP contribution in [0, 0.1) is 11.6 Å². The molecule has 106 valence electrons. The minimum Gasteiger partial charge on any atom is -0.462 e. The molecule has 0 spiro atoms. The molecule has 0 aliphatic rings. The van der Waals surface area contributed by atoms with E-state index in [1.54, 1.807) is 0 Å². The van der Waals surface area contributed by atoms with Crippen molar-refractivity contribution in [3.05, 3.63) is 29.3 Å². The molecule has 1 aromatic rings. The number of hydrogen-bond donors (Lipinski definition) is 0. The molecule has 0 amide bonds. The maximum Gasteiger partial charge on any atom is 0.341 e. The molecule has 0 atom stereocenters. The largest absolute Gasteiger partial charge is 0.462 e. The van der Waals surface area contributed by atoms with Gasteiger partial charge in [-0.3, -0.25) is 0 Å². The Kier molecular flexibility index (Phi) is 5.25. The standard InChI is InChI=1S/C11H11ClF2O4S/c1-2-3-4-18-11(15)7-5-10(19(12,16)17)9(14)6-8(7)13/h5-6H,2-4H2,1H3. The van der Waals surface area contributed by atoms with Gasteiger partial charge in [0.1, 0.15) is 16.5 Å². The number of unbranched alkanes of at least 4 members (excludes halogenated alkanes) is 1. The van der Waals surface area contributed by atoms with Gasteiger partial charge in [-0.2, -0.15) is 0 Å². The molecule has 0 heterocycles. The van der Waals surface area contributed by atoms with Crippen molar-refractivity contribution in [3.63, 3.8) is 0 Å². The maximum atomic E-state index is 13.4. The summed E-state index contributed by atoms with van der Waals surface area (Å²) in [4.78, 5) is 10.5. The van der Waals surface area contributed by atoms with E-state index in [4.69, 9.17) is 15.4 Å². The van der Waals surface area contributed by atoms with Gasteiger partial charge in [-0.25, -0.2) is 22.0 Å². The molecule has 0 saturated carbocycles. The molecule has 0 N–H and O–H groups in total. The summed E-state index contributed by atoms with van der Waals surface area (Å²) in [6.07, 6.45) is 1.34. The third-order valence-electron chi connectivity index (χ3n) is 2.24. The first-order valence-electron chi connectivity index (χ1n) is 5.38.